The van der Waals surface area contributed by atoms with Gasteiger partial charge in [-0.25, -0.2) is 15.4 Å². The summed E-state index contributed by atoms with van der Waals surface area (Å²) < 4.78 is 10.8. The molecule has 0 bridgehead atoms. The van der Waals surface area contributed by atoms with Crippen LogP contribution in [0, 0.1) is 17.8 Å². The Labute approximate surface area is 204 Å². The first kappa shape index (κ1) is 22.5. The zero-order chi connectivity index (χ0) is 24.2. The lowest BCUT2D eigenvalue weighted by molar-refractivity contribution is -0.118. The smallest absolute Gasteiger partial charge is 0.257 e. The molecule has 1 amide bonds. The van der Waals surface area contributed by atoms with Crippen molar-refractivity contribution in [1.29, 1.82) is 0 Å². The number of carbonyl (C=O) groups excluding carboxylic acids is 1. The highest BCUT2D eigenvalue weighted by atomic mass is 16.5. The first-order valence-corrected chi connectivity index (χ1v) is 12.4. The third kappa shape index (κ3) is 3.62. The number of nitrogens with zero attached hydrogens (tertiary/aromatic N) is 2. The number of carbonyl (C=O) groups is 1. The monoisotopic (exact) mass is 480 g/mol. The average molecular weight is 481 g/mol. The molecule has 3 heterocycles. The number of hydrogen-bond donors (Lipinski definition) is 5. The van der Waals surface area contributed by atoms with Gasteiger partial charge in [-0.3, -0.25) is 10.2 Å². The molecular formula is C25H32N6O4. The zero-order valence-electron chi connectivity index (χ0n) is 20.0. The van der Waals surface area contributed by atoms with E-state index in [1.165, 1.54) is 0 Å². The van der Waals surface area contributed by atoms with Crippen LogP contribution in [0.2, 0.25) is 0 Å². The molecule has 1 aromatic heterocycles. The molecule has 4 aliphatic rings. The van der Waals surface area contributed by atoms with Crippen molar-refractivity contribution in [3.63, 3.8) is 0 Å². The van der Waals surface area contributed by atoms with Gasteiger partial charge < -0.3 is 25.2 Å². The molecule has 2 saturated carbocycles. The first-order chi connectivity index (χ1) is 17.1. The summed E-state index contributed by atoms with van der Waals surface area (Å²) in [7, 11) is 3.24. The number of aliphatic hydroxyl groups excluding tert-OH is 1. The number of nitrogens with one attached hydrogen (secondary N) is 4. The fourth-order valence-electron chi connectivity index (χ4n) is 6.56. The lowest BCUT2D eigenvalue weighted by Crippen LogP contribution is -2.39. The van der Waals surface area contributed by atoms with Crippen LogP contribution >= 0.6 is 0 Å². The number of benzene rings is 1. The third-order valence-electron chi connectivity index (χ3n) is 8.38. The van der Waals surface area contributed by atoms with Crippen LogP contribution in [-0.2, 0) is 16.6 Å². The van der Waals surface area contributed by atoms with Gasteiger partial charge in [0, 0.05) is 30.7 Å². The predicted octanol–water partition coefficient (Wildman–Crippen LogP) is 1.57. The van der Waals surface area contributed by atoms with E-state index in [-0.39, 0.29) is 18.7 Å². The molecule has 10 nitrogen and oxygen atoms in total. The Bertz CT molecular complexity index is 1140. The number of ether oxygens (including phenoxy) is 2. The number of hydrogen-bond acceptors (Lipinski definition) is 9. The van der Waals surface area contributed by atoms with Gasteiger partial charge in [0.2, 0.25) is 5.91 Å². The summed E-state index contributed by atoms with van der Waals surface area (Å²) in [6.07, 6.45) is 6.10. The molecule has 186 valence electrons. The molecule has 0 radical (unpaired) electrons. The van der Waals surface area contributed by atoms with E-state index in [1.54, 1.807) is 20.4 Å². The first-order valence-electron chi connectivity index (χ1n) is 12.4. The Morgan fingerprint density at radius 3 is 2.91 bits per heavy atom. The van der Waals surface area contributed by atoms with E-state index >= 15 is 0 Å². The van der Waals surface area contributed by atoms with Gasteiger partial charge in [-0.1, -0.05) is 0 Å². The minimum Gasteiger partial charge on any atom is -0.497 e. The van der Waals surface area contributed by atoms with Crippen LogP contribution in [0.15, 0.2) is 24.4 Å². The number of aliphatic hydroxyl groups is 1. The second kappa shape index (κ2) is 8.61. The molecule has 3 fully saturated rings. The summed E-state index contributed by atoms with van der Waals surface area (Å²) in [5.41, 5.74) is 9.22. The maximum Gasteiger partial charge on any atom is 0.257 e. The van der Waals surface area contributed by atoms with Crippen molar-refractivity contribution in [2.24, 2.45) is 17.8 Å². The number of aromatic nitrogens is 2. The molecule has 2 aliphatic heterocycles. The van der Waals surface area contributed by atoms with Gasteiger partial charge in [-0.15, -0.1) is 0 Å². The third-order valence-corrected chi connectivity index (χ3v) is 8.38. The van der Waals surface area contributed by atoms with Gasteiger partial charge in [-0.2, -0.15) is 0 Å². The number of anilines is 2. The highest BCUT2D eigenvalue weighted by molar-refractivity contribution is 6.09. The van der Waals surface area contributed by atoms with Gasteiger partial charge in [0.15, 0.2) is 5.82 Å². The van der Waals surface area contributed by atoms with Crippen molar-refractivity contribution in [2.75, 3.05) is 31.5 Å². The van der Waals surface area contributed by atoms with Crippen LogP contribution in [0.1, 0.15) is 36.9 Å². The predicted molar refractivity (Wildman–Crippen MR) is 129 cm³/mol. The van der Waals surface area contributed by atoms with Crippen LogP contribution in [0.3, 0.4) is 0 Å². The molecule has 2 aromatic rings. The number of methoxy groups -OCH3 is 2. The van der Waals surface area contributed by atoms with Gasteiger partial charge in [-0.05, 0) is 61.3 Å². The van der Waals surface area contributed by atoms with Crippen LogP contribution in [-0.4, -0.2) is 54.0 Å². The summed E-state index contributed by atoms with van der Waals surface area (Å²) in [5, 5.41) is 15.8. The van der Waals surface area contributed by atoms with Crippen LogP contribution < -0.4 is 31.0 Å². The fraction of sp³-hybridized carbons (Fsp3) is 0.560. The molecular weight excluding hydrogens is 448 g/mol. The molecule has 1 aromatic carbocycles. The molecule has 6 rings (SSSR count). The molecule has 35 heavy (non-hydrogen) atoms. The van der Waals surface area contributed by atoms with Crippen molar-refractivity contribution in [1.82, 2.24) is 20.8 Å². The van der Waals surface area contributed by atoms with Crippen LogP contribution in [0.4, 0.5) is 11.5 Å². The standard InChI is InChI=1S/C25H32N6O4/c1-34-15-4-6-19-17(10-15)25(24(33)28-19)11-18(25)13-3-5-16-20(9-13)30-31-21(16)29-22-23(35-2)26-12-14(27-22)7-8-32/h4,6,10,12-13,16,18,20-21,30-32H,3,5,7-9,11H2,1-2H3,(H,27,29)(H,28,33)/t13?,16?,18-,20?,21?,25-/m0/s1. The number of hydrazine groups is 1. The number of rotatable bonds is 7. The van der Waals surface area contributed by atoms with E-state index in [0.29, 0.717) is 47.6 Å². The largest absolute Gasteiger partial charge is 0.497 e. The Balaban J connectivity index is 1.15. The maximum absolute atomic E-state index is 13.1. The van der Waals surface area contributed by atoms with Gasteiger partial charge >= 0.3 is 0 Å². The Hall–Kier alpha value is -2.95. The van der Waals surface area contributed by atoms with Crippen molar-refractivity contribution in [2.45, 2.75) is 49.7 Å². The lowest BCUT2D eigenvalue weighted by atomic mass is 9.74. The molecule has 4 unspecified atom stereocenters. The summed E-state index contributed by atoms with van der Waals surface area (Å²) >= 11 is 0. The summed E-state index contributed by atoms with van der Waals surface area (Å²) in [6.45, 7) is 0.0215. The minimum atomic E-state index is -0.402. The second-order valence-corrected chi connectivity index (χ2v) is 10.1. The molecule has 1 spiro atoms. The molecule has 10 heteroatoms. The lowest BCUT2D eigenvalue weighted by Gasteiger charge is -2.34. The minimum absolute atomic E-state index is 0.0125. The van der Waals surface area contributed by atoms with Crippen LogP contribution in [0.5, 0.6) is 11.6 Å². The van der Waals surface area contributed by atoms with E-state index in [2.05, 4.69) is 31.5 Å². The highest BCUT2D eigenvalue weighted by Gasteiger charge is 2.67. The Morgan fingerprint density at radius 1 is 1.23 bits per heavy atom. The fourth-order valence-corrected chi connectivity index (χ4v) is 6.56. The van der Waals surface area contributed by atoms with Gasteiger partial charge in [0.25, 0.3) is 5.88 Å². The van der Waals surface area contributed by atoms with E-state index in [9.17, 15) is 9.90 Å². The summed E-state index contributed by atoms with van der Waals surface area (Å²) in [6, 6.07) is 6.20. The van der Waals surface area contributed by atoms with Crippen molar-refractivity contribution < 1.29 is 19.4 Å². The van der Waals surface area contributed by atoms with Gasteiger partial charge in [0.05, 0.1) is 37.7 Å². The van der Waals surface area contributed by atoms with E-state index in [0.717, 1.165) is 42.7 Å². The van der Waals surface area contributed by atoms with Gasteiger partial charge in [0.1, 0.15) is 5.75 Å². The quantitative estimate of drug-likeness (QED) is 0.401. The van der Waals surface area contributed by atoms with Crippen molar-refractivity contribution in [3.8, 4) is 11.6 Å². The maximum atomic E-state index is 13.1. The van der Waals surface area contributed by atoms with Crippen molar-refractivity contribution in [3.05, 3.63) is 35.7 Å². The second-order valence-electron chi connectivity index (χ2n) is 10.1. The van der Waals surface area contributed by atoms with E-state index in [4.69, 9.17) is 9.47 Å². The SMILES string of the molecule is COc1ccc2c(c1)[C@]1(C[C@H]1C1CCC3C(C1)NNC3Nc1nc(CCO)cnc1OC)C(=O)N2. The normalized spacial score (nSPS) is 32.7. The zero-order valence-corrected chi connectivity index (χ0v) is 20.0. The van der Waals surface area contributed by atoms with E-state index in [1.807, 2.05) is 18.2 Å². The van der Waals surface area contributed by atoms with Crippen molar-refractivity contribution >= 4 is 17.4 Å². The number of amides is 1. The Kier molecular flexibility index (Phi) is 5.54. The Morgan fingerprint density at radius 2 is 2.11 bits per heavy atom. The average Bonchev–Trinajstić information content (AvgIpc) is 3.43. The topological polar surface area (TPSA) is 130 Å². The molecule has 6 atom stereocenters. The molecule has 1 saturated heterocycles. The molecule has 5 N–H and O–H groups in total. The van der Waals surface area contributed by atoms with E-state index < -0.39 is 5.41 Å². The summed E-state index contributed by atoms with van der Waals surface area (Å²) in [4.78, 5) is 22.0. The summed E-state index contributed by atoms with van der Waals surface area (Å²) in [5.74, 6) is 3.16. The van der Waals surface area contributed by atoms with Crippen LogP contribution in [0.25, 0.3) is 0 Å². The highest BCUT2D eigenvalue weighted by Crippen LogP contribution is 2.65. The number of fused-ring (bicyclic) bond motifs is 3. The molecule has 2 aliphatic carbocycles.